The number of amides is 1. The average molecular weight is 267 g/mol. The minimum atomic E-state index is -0.225. The van der Waals surface area contributed by atoms with Crippen molar-refractivity contribution in [2.24, 2.45) is 0 Å². The van der Waals surface area contributed by atoms with Crippen molar-refractivity contribution in [3.8, 4) is 6.07 Å². The number of rotatable bonds is 3. The van der Waals surface area contributed by atoms with Crippen molar-refractivity contribution in [2.75, 3.05) is 5.32 Å². The molecule has 1 aliphatic rings. The third kappa shape index (κ3) is 2.28. The Bertz CT molecular complexity index is 708. The van der Waals surface area contributed by atoms with Crippen LogP contribution in [0, 0.1) is 18.3 Å². The lowest BCUT2D eigenvalue weighted by atomic mass is 10.1. The minimum absolute atomic E-state index is 0.225. The van der Waals surface area contributed by atoms with E-state index in [1.807, 2.05) is 6.92 Å². The summed E-state index contributed by atoms with van der Waals surface area (Å²) in [6.07, 6.45) is 3.55. The van der Waals surface area contributed by atoms with E-state index in [4.69, 9.17) is 9.78 Å². The van der Waals surface area contributed by atoms with Crippen LogP contribution < -0.4 is 5.32 Å². The van der Waals surface area contributed by atoms with Crippen LogP contribution in [0.3, 0.4) is 0 Å². The van der Waals surface area contributed by atoms with Gasteiger partial charge in [-0.05, 0) is 43.5 Å². The number of nitrogens with zero attached hydrogens (tertiary/aromatic N) is 2. The molecule has 0 radical (unpaired) electrons. The Hall–Kier alpha value is -2.61. The van der Waals surface area contributed by atoms with Gasteiger partial charge >= 0.3 is 0 Å². The van der Waals surface area contributed by atoms with E-state index < -0.39 is 0 Å². The lowest BCUT2D eigenvalue weighted by Gasteiger charge is -2.06. The molecule has 1 heterocycles. The van der Waals surface area contributed by atoms with E-state index >= 15 is 0 Å². The third-order valence-corrected chi connectivity index (χ3v) is 3.40. The quantitative estimate of drug-likeness (QED) is 0.927. The number of aryl methyl sites for hydroxylation is 1. The summed E-state index contributed by atoms with van der Waals surface area (Å²) in [5, 5.41) is 15.4. The van der Waals surface area contributed by atoms with Crippen molar-refractivity contribution >= 4 is 11.6 Å². The van der Waals surface area contributed by atoms with Crippen LogP contribution in [0.4, 0.5) is 5.69 Å². The summed E-state index contributed by atoms with van der Waals surface area (Å²) in [5.74, 6) is 0.783. The summed E-state index contributed by atoms with van der Waals surface area (Å²) in [7, 11) is 0. The van der Waals surface area contributed by atoms with E-state index in [-0.39, 0.29) is 5.91 Å². The molecule has 3 rings (SSSR count). The zero-order valence-electron chi connectivity index (χ0n) is 11.0. The van der Waals surface area contributed by atoms with Crippen molar-refractivity contribution in [3.05, 3.63) is 46.8 Å². The molecule has 0 saturated heterocycles. The van der Waals surface area contributed by atoms with Gasteiger partial charge in [0.1, 0.15) is 5.56 Å². The molecule has 2 aromatic rings. The van der Waals surface area contributed by atoms with Gasteiger partial charge in [-0.25, -0.2) is 0 Å². The molecule has 0 aliphatic heterocycles. The predicted molar refractivity (Wildman–Crippen MR) is 72.3 cm³/mol. The molecule has 100 valence electrons. The smallest absolute Gasteiger partial charge is 0.260 e. The van der Waals surface area contributed by atoms with E-state index in [1.54, 1.807) is 18.2 Å². The topological polar surface area (TPSA) is 78.9 Å². The average Bonchev–Trinajstić information content (AvgIpc) is 3.16. The van der Waals surface area contributed by atoms with Gasteiger partial charge in [-0.15, -0.1) is 0 Å². The number of nitrogens with one attached hydrogen (secondary N) is 1. The zero-order valence-corrected chi connectivity index (χ0v) is 11.0. The van der Waals surface area contributed by atoms with E-state index in [9.17, 15) is 4.79 Å². The van der Waals surface area contributed by atoms with Gasteiger partial charge in [-0.3, -0.25) is 4.79 Å². The van der Waals surface area contributed by atoms with Crippen LogP contribution in [0.2, 0.25) is 0 Å². The standard InChI is InChI=1S/C15H13N3O2/c1-9-6-12(5-4-11(9)7-16)18-15(19)13-8-17-20-14(13)10-2-3-10/h4-6,8,10H,2-3H2,1H3,(H,18,19). The second-order valence-electron chi connectivity index (χ2n) is 4.97. The van der Waals surface area contributed by atoms with Gasteiger partial charge in [-0.1, -0.05) is 5.16 Å². The Morgan fingerprint density at radius 1 is 1.50 bits per heavy atom. The molecule has 1 saturated carbocycles. The number of benzene rings is 1. The summed E-state index contributed by atoms with van der Waals surface area (Å²) in [6.45, 7) is 1.84. The highest BCUT2D eigenvalue weighted by Crippen LogP contribution is 2.41. The second kappa shape index (κ2) is 4.82. The number of carbonyl (C=O) groups excluding carboxylic acids is 1. The highest BCUT2D eigenvalue weighted by atomic mass is 16.5. The van der Waals surface area contributed by atoms with Crippen molar-refractivity contribution < 1.29 is 9.32 Å². The fraction of sp³-hybridized carbons (Fsp3) is 0.267. The Kier molecular flexibility index (Phi) is 2.99. The number of aromatic nitrogens is 1. The number of hydrogen-bond donors (Lipinski definition) is 1. The van der Waals surface area contributed by atoms with Crippen LogP contribution in [0.25, 0.3) is 0 Å². The largest absolute Gasteiger partial charge is 0.360 e. The highest BCUT2D eigenvalue weighted by molar-refractivity contribution is 6.05. The highest BCUT2D eigenvalue weighted by Gasteiger charge is 2.32. The predicted octanol–water partition coefficient (Wildman–Crippen LogP) is 2.98. The fourth-order valence-electron chi connectivity index (χ4n) is 2.12. The van der Waals surface area contributed by atoms with Gasteiger partial charge in [0.05, 0.1) is 17.8 Å². The normalized spacial score (nSPS) is 13.8. The molecule has 20 heavy (non-hydrogen) atoms. The minimum Gasteiger partial charge on any atom is -0.360 e. The zero-order chi connectivity index (χ0) is 14.1. The van der Waals surface area contributed by atoms with Gasteiger partial charge in [0.2, 0.25) is 0 Å². The first kappa shape index (κ1) is 12.4. The molecule has 1 aromatic carbocycles. The van der Waals surface area contributed by atoms with Crippen molar-refractivity contribution in [2.45, 2.75) is 25.7 Å². The van der Waals surface area contributed by atoms with Gasteiger partial charge in [-0.2, -0.15) is 5.26 Å². The SMILES string of the molecule is Cc1cc(NC(=O)c2cnoc2C2CC2)ccc1C#N. The van der Waals surface area contributed by atoms with Crippen molar-refractivity contribution in [3.63, 3.8) is 0 Å². The van der Waals surface area contributed by atoms with Crippen LogP contribution in [0.1, 0.15) is 46.0 Å². The molecular formula is C15H13N3O2. The number of anilines is 1. The number of nitriles is 1. The molecule has 0 spiro atoms. The van der Waals surface area contributed by atoms with Crippen molar-refractivity contribution in [1.29, 1.82) is 5.26 Å². The first-order valence-electron chi connectivity index (χ1n) is 6.45. The lowest BCUT2D eigenvalue weighted by Crippen LogP contribution is -2.12. The van der Waals surface area contributed by atoms with Crippen LogP contribution in [-0.4, -0.2) is 11.1 Å². The van der Waals surface area contributed by atoms with Crippen molar-refractivity contribution in [1.82, 2.24) is 5.16 Å². The van der Waals surface area contributed by atoms with Gasteiger partial charge in [0.25, 0.3) is 5.91 Å². The molecule has 1 N–H and O–H groups in total. The fourth-order valence-corrected chi connectivity index (χ4v) is 2.12. The Morgan fingerprint density at radius 2 is 2.30 bits per heavy atom. The van der Waals surface area contributed by atoms with Gasteiger partial charge in [0, 0.05) is 11.6 Å². The van der Waals surface area contributed by atoms with E-state index in [0.29, 0.717) is 28.5 Å². The molecule has 5 nitrogen and oxygen atoms in total. The number of hydrogen-bond acceptors (Lipinski definition) is 4. The third-order valence-electron chi connectivity index (χ3n) is 3.40. The number of carbonyl (C=O) groups is 1. The Morgan fingerprint density at radius 3 is 2.95 bits per heavy atom. The van der Waals surface area contributed by atoms with Crippen LogP contribution in [0.5, 0.6) is 0 Å². The first-order chi connectivity index (χ1) is 9.69. The summed E-state index contributed by atoms with van der Waals surface area (Å²) in [4.78, 5) is 12.2. The molecule has 5 heteroatoms. The van der Waals surface area contributed by atoms with E-state index in [0.717, 1.165) is 18.4 Å². The summed E-state index contributed by atoms with van der Waals surface area (Å²) >= 11 is 0. The first-order valence-corrected chi connectivity index (χ1v) is 6.45. The molecule has 1 aliphatic carbocycles. The Labute approximate surface area is 116 Å². The van der Waals surface area contributed by atoms with E-state index in [1.165, 1.54) is 6.20 Å². The molecule has 0 bridgehead atoms. The second-order valence-corrected chi connectivity index (χ2v) is 4.97. The monoisotopic (exact) mass is 267 g/mol. The molecular weight excluding hydrogens is 254 g/mol. The summed E-state index contributed by atoms with van der Waals surface area (Å²) < 4.78 is 5.15. The van der Waals surface area contributed by atoms with Crippen LogP contribution in [-0.2, 0) is 0 Å². The van der Waals surface area contributed by atoms with Gasteiger partial charge in [0.15, 0.2) is 5.76 Å². The maximum Gasteiger partial charge on any atom is 0.260 e. The van der Waals surface area contributed by atoms with Gasteiger partial charge < -0.3 is 9.84 Å². The summed E-state index contributed by atoms with van der Waals surface area (Å²) in [6, 6.07) is 7.29. The molecule has 1 aromatic heterocycles. The summed E-state index contributed by atoms with van der Waals surface area (Å²) in [5.41, 5.74) is 2.59. The molecule has 0 atom stereocenters. The maximum atomic E-state index is 12.2. The maximum absolute atomic E-state index is 12.2. The molecule has 1 fully saturated rings. The van der Waals surface area contributed by atoms with Crippen LogP contribution >= 0.6 is 0 Å². The lowest BCUT2D eigenvalue weighted by molar-refractivity contribution is 0.102. The van der Waals surface area contributed by atoms with E-state index in [2.05, 4.69) is 16.5 Å². The van der Waals surface area contributed by atoms with Crippen LogP contribution in [0.15, 0.2) is 28.9 Å². The molecule has 0 unspecified atom stereocenters. The Balaban J connectivity index is 1.80. The molecule has 1 amide bonds.